The molecule has 0 aromatic carbocycles. The summed E-state index contributed by atoms with van der Waals surface area (Å²) >= 11 is 0. The topological polar surface area (TPSA) is 57.7 Å². The van der Waals surface area contributed by atoms with Gasteiger partial charge >= 0.3 is 13.1 Å². The van der Waals surface area contributed by atoms with E-state index in [4.69, 9.17) is 14.0 Å². The number of ether oxygens (including phenoxy) is 1. The van der Waals surface area contributed by atoms with Gasteiger partial charge in [0.1, 0.15) is 5.41 Å². The summed E-state index contributed by atoms with van der Waals surface area (Å²) in [7, 11) is -0.445. The molecule has 23 heavy (non-hydrogen) atoms. The largest absolute Gasteiger partial charge is 0.494 e. The third-order valence-electron chi connectivity index (χ3n) is 5.22. The Labute approximate surface area is 137 Å². The average Bonchev–Trinajstić information content (AvgIpc) is 3.24. The van der Waals surface area contributed by atoms with Crippen molar-refractivity contribution >= 4 is 18.6 Å². The fraction of sp³-hybridized carbons (Fsp3) is 0.647. The predicted molar refractivity (Wildman–Crippen MR) is 87.5 cm³/mol. The van der Waals surface area contributed by atoms with Crippen molar-refractivity contribution in [3.63, 3.8) is 0 Å². The van der Waals surface area contributed by atoms with E-state index in [1.165, 1.54) is 0 Å². The summed E-state index contributed by atoms with van der Waals surface area (Å²) in [5.74, 6) is -0.182. The van der Waals surface area contributed by atoms with Crippen molar-refractivity contribution in [2.24, 2.45) is 0 Å². The molecule has 0 bridgehead atoms. The summed E-state index contributed by atoms with van der Waals surface area (Å²) in [5.41, 5.74) is 0.293. The SMILES string of the molecule is CCOC(=O)C1(c2cc(B3OC(C)(C)C(C)(C)O3)ccn2)CC1. The second kappa shape index (κ2) is 5.31. The van der Waals surface area contributed by atoms with E-state index in [9.17, 15) is 4.79 Å². The molecule has 1 aliphatic carbocycles. The summed E-state index contributed by atoms with van der Waals surface area (Å²) in [4.78, 5) is 16.7. The van der Waals surface area contributed by atoms with E-state index in [2.05, 4.69) is 4.98 Å². The zero-order chi connectivity index (χ0) is 16.9. The van der Waals surface area contributed by atoms with Crippen molar-refractivity contribution in [3.05, 3.63) is 24.0 Å². The summed E-state index contributed by atoms with van der Waals surface area (Å²) in [6, 6.07) is 3.80. The molecule has 0 N–H and O–H groups in total. The molecule has 2 fully saturated rings. The van der Waals surface area contributed by atoms with E-state index in [1.807, 2.05) is 46.8 Å². The summed E-state index contributed by atoms with van der Waals surface area (Å²) in [6.07, 6.45) is 3.28. The molecule has 0 spiro atoms. The second-order valence-electron chi connectivity index (χ2n) is 7.37. The van der Waals surface area contributed by atoms with Crippen LogP contribution in [0.15, 0.2) is 18.3 Å². The number of aromatic nitrogens is 1. The molecule has 1 saturated heterocycles. The first-order valence-electron chi connectivity index (χ1n) is 8.21. The Morgan fingerprint density at radius 3 is 2.39 bits per heavy atom. The molecule has 1 saturated carbocycles. The Bertz CT molecular complexity index is 609. The van der Waals surface area contributed by atoms with Crippen LogP contribution >= 0.6 is 0 Å². The van der Waals surface area contributed by atoms with Gasteiger partial charge in [0.15, 0.2) is 0 Å². The Kier molecular flexibility index (Phi) is 3.80. The molecule has 0 amide bonds. The van der Waals surface area contributed by atoms with Crippen LogP contribution in [0, 0.1) is 0 Å². The summed E-state index contributed by atoms with van der Waals surface area (Å²) in [5, 5.41) is 0. The van der Waals surface area contributed by atoms with Crippen LogP contribution in [-0.4, -0.2) is 35.9 Å². The minimum absolute atomic E-state index is 0.182. The van der Waals surface area contributed by atoms with Gasteiger partial charge in [-0.05, 0) is 65.1 Å². The molecule has 0 radical (unpaired) electrons. The van der Waals surface area contributed by atoms with Crippen LogP contribution < -0.4 is 5.46 Å². The highest BCUT2D eigenvalue weighted by Gasteiger charge is 2.55. The van der Waals surface area contributed by atoms with Crippen molar-refractivity contribution in [2.75, 3.05) is 6.61 Å². The molecular weight excluding hydrogens is 293 g/mol. The number of rotatable bonds is 4. The summed E-state index contributed by atoms with van der Waals surface area (Å²) in [6.45, 7) is 10.3. The van der Waals surface area contributed by atoms with Crippen LogP contribution in [0.1, 0.15) is 53.2 Å². The Hall–Kier alpha value is -1.40. The van der Waals surface area contributed by atoms with Crippen molar-refractivity contribution < 1.29 is 18.8 Å². The molecule has 0 atom stereocenters. The minimum Gasteiger partial charge on any atom is -0.465 e. The second-order valence-corrected chi connectivity index (χ2v) is 7.37. The standard InChI is InChI=1S/C17H24BNO4/c1-6-21-14(20)17(8-9-17)13-11-12(7-10-19-13)18-22-15(2,3)16(4,5)23-18/h7,10-11H,6,8-9H2,1-5H3. The molecule has 1 aromatic rings. The van der Waals surface area contributed by atoms with Crippen molar-refractivity contribution in [3.8, 4) is 0 Å². The molecule has 6 heteroatoms. The lowest BCUT2D eigenvalue weighted by molar-refractivity contribution is -0.146. The lowest BCUT2D eigenvalue weighted by atomic mass is 9.78. The maximum atomic E-state index is 12.2. The first kappa shape index (κ1) is 16.5. The highest BCUT2D eigenvalue weighted by Crippen LogP contribution is 2.48. The predicted octanol–water partition coefficient (Wildman–Crippen LogP) is 1.98. The first-order chi connectivity index (χ1) is 10.7. The van der Waals surface area contributed by atoms with Crippen molar-refractivity contribution in [1.82, 2.24) is 4.98 Å². The first-order valence-corrected chi connectivity index (χ1v) is 8.21. The molecule has 124 valence electrons. The fourth-order valence-electron chi connectivity index (χ4n) is 2.79. The number of carbonyl (C=O) groups is 1. The van der Waals surface area contributed by atoms with E-state index < -0.39 is 12.5 Å². The van der Waals surface area contributed by atoms with Crippen LogP contribution in [0.25, 0.3) is 0 Å². The van der Waals surface area contributed by atoms with Crippen LogP contribution in [0.4, 0.5) is 0 Å². The van der Waals surface area contributed by atoms with Crippen LogP contribution in [0.3, 0.4) is 0 Å². The number of carbonyl (C=O) groups excluding carboxylic acids is 1. The smallest absolute Gasteiger partial charge is 0.465 e. The molecule has 1 aliphatic heterocycles. The average molecular weight is 317 g/mol. The molecule has 1 aromatic heterocycles. The molecule has 5 nitrogen and oxygen atoms in total. The van der Waals surface area contributed by atoms with Gasteiger partial charge in [0.2, 0.25) is 0 Å². The minimum atomic E-state index is -0.574. The number of hydrogen-bond acceptors (Lipinski definition) is 5. The number of esters is 1. The number of hydrogen-bond donors (Lipinski definition) is 0. The van der Waals surface area contributed by atoms with Gasteiger partial charge in [-0.1, -0.05) is 0 Å². The van der Waals surface area contributed by atoms with Gasteiger partial charge in [-0.2, -0.15) is 0 Å². The quantitative estimate of drug-likeness (QED) is 0.628. The lowest BCUT2D eigenvalue weighted by Gasteiger charge is -2.32. The highest BCUT2D eigenvalue weighted by atomic mass is 16.7. The lowest BCUT2D eigenvalue weighted by Crippen LogP contribution is -2.41. The normalized spacial score (nSPS) is 23.6. The molecule has 2 aliphatic rings. The zero-order valence-electron chi connectivity index (χ0n) is 14.5. The van der Waals surface area contributed by atoms with Gasteiger partial charge in [0.05, 0.1) is 23.5 Å². The zero-order valence-corrected chi connectivity index (χ0v) is 14.5. The molecular formula is C17H24BNO4. The number of pyridine rings is 1. The Balaban J connectivity index is 1.86. The Morgan fingerprint density at radius 1 is 1.26 bits per heavy atom. The third kappa shape index (κ3) is 2.68. The fourth-order valence-corrected chi connectivity index (χ4v) is 2.79. The van der Waals surface area contributed by atoms with Crippen LogP contribution in [-0.2, 0) is 24.3 Å². The molecule has 3 rings (SSSR count). The van der Waals surface area contributed by atoms with Gasteiger partial charge in [-0.15, -0.1) is 0 Å². The number of nitrogens with zero attached hydrogens (tertiary/aromatic N) is 1. The maximum Gasteiger partial charge on any atom is 0.494 e. The molecule has 2 heterocycles. The van der Waals surface area contributed by atoms with E-state index in [1.54, 1.807) is 6.20 Å². The van der Waals surface area contributed by atoms with Crippen LogP contribution in [0.2, 0.25) is 0 Å². The Morgan fingerprint density at radius 2 is 1.87 bits per heavy atom. The van der Waals surface area contributed by atoms with Crippen LogP contribution in [0.5, 0.6) is 0 Å². The van der Waals surface area contributed by atoms with E-state index in [-0.39, 0.29) is 17.2 Å². The highest BCUT2D eigenvalue weighted by molar-refractivity contribution is 6.62. The maximum absolute atomic E-state index is 12.2. The molecule has 0 unspecified atom stereocenters. The van der Waals surface area contributed by atoms with Gasteiger partial charge in [0, 0.05) is 6.20 Å². The van der Waals surface area contributed by atoms with E-state index in [0.29, 0.717) is 6.61 Å². The monoisotopic (exact) mass is 317 g/mol. The van der Waals surface area contributed by atoms with Crippen molar-refractivity contribution in [2.45, 2.75) is 64.1 Å². The van der Waals surface area contributed by atoms with Gasteiger partial charge in [0.25, 0.3) is 0 Å². The van der Waals surface area contributed by atoms with Gasteiger partial charge < -0.3 is 14.0 Å². The van der Waals surface area contributed by atoms with Crippen molar-refractivity contribution in [1.29, 1.82) is 0 Å². The van der Waals surface area contributed by atoms with E-state index in [0.717, 1.165) is 24.0 Å². The van der Waals surface area contributed by atoms with Gasteiger partial charge in [-0.25, -0.2) is 0 Å². The summed E-state index contributed by atoms with van der Waals surface area (Å²) < 4.78 is 17.4. The van der Waals surface area contributed by atoms with Gasteiger partial charge in [-0.3, -0.25) is 9.78 Å². The van der Waals surface area contributed by atoms with E-state index >= 15 is 0 Å². The third-order valence-corrected chi connectivity index (χ3v) is 5.22.